The van der Waals surface area contributed by atoms with Crippen molar-refractivity contribution in [2.24, 2.45) is 12.0 Å². The van der Waals surface area contributed by atoms with Gasteiger partial charge in [-0.3, -0.25) is 4.99 Å². The highest BCUT2D eigenvalue weighted by Crippen LogP contribution is 2.08. The molecule has 0 aliphatic heterocycles. The molecule has 0 bridgehead atoms. The number of hydrogen-bond acceptors (Lipinski definition) is 3. The molecule has 0 saturated carbocycles. The van der Waals surface area contributed by atoms with Crippen LogP contribution in [-0.4, -0.2) is 27.8 Å². The van der Waals surface area contributed by atoms with Crippen LogP contribution >= 0.6 is 24.0 Å². The maximum atomic E-state index is 13.2. The highest BCUT2D eigenvalue weighted by Gasteiger charge is 2.04. The molecule has 0 radical (unpaired) electrons. The van der Waals surface area contributed by atoms with Gasteiger partial charge in [-0.15, -0.1) is 34.2 Å². The Labute approximate surface area is 146 Å². The Hall–Kier alpha value is -1.71. The van der Waals surface area contributed by atoms with Gasteiger partial charge in [-0.05, 0) is 24.1 Å². The monoisotopic (exact) mass is 418 g/mol. The zero-order chi connectivity index (χ0) is 15.2. The molecule has 1 aromatic heterocycles. The molecular weight excluding hydrogens is 398 g/mol. The molecule has 0 saturated heterocycles. The summed E-state index contributed by atoms with van der Waals surface area (Å²) in [5.41, 5.74) is 1.63. The summed E-state index contributed by atoms with van der Waals surface area (Å²) < 4.78 is 15.0. The number of halogens is 2. The van der Waals surface area contributed by atoms with Crippen molar-refractivity contribution in [1.29, 1.82) is 0 Å². The van der Waals surface area contributed by atoms with Crippen LogP contribution in [0.15, 0.2) is 29.5 Å². The molecule has 0 aliphatic rings. The summed E-state index contributed by atoms with van der Waals surface area (Å²) in [6, 6.07) is 5.05. The van der Waals surface area contributed by atoms with Gasteiger partial charge >= 0.3 is 0 Å². The zero-order valence-corrected chi connectivity index (χ0v) is 15.1. The summed E-state index contributed by atoms with van der Waals surface area (Å²) in [7, 11) is 3.58. The molecule has 2 aromatic rings. The molecule has 0 fully saturated rings. The Bertz CT molecular complexity index is 640. The van der Waals surface area contributed by atoms with E-state index in [2.05, 4.69) is 25.8 Å². The third-order valence-electron chi connectivity index (χ3n) is 3.13. The third-order valence-corrected chi connectivity index (χ3v) is 3.13. The molecule has 0 unspecified atom stereocenters. The molecule has 2 rings (SSSR count). The Balaban J connectivity index is 0.00000242. The Morgan fingerprint density at radius 1 is 1.32 bits per heavy atom. The van der Waals surface area contributed by atoms with E-state index >= 15 is 0 Å². The summed E-state index contributed by atoms with van der Waals surface area (Å²) in [5.74, 6) is 1.28. The maximum absolute atomic E-state index is 13.2. The van der Waals surface area contributed by atoms with E-state index in [1.54, 1.807) is 26.4 Å². The van der Waals surface area contributed by atoms with Gasteiger partial charge in [0.25, 0.3) is 0 Å². The highest BCUT2D eigenvalue weighted by molar-refractivity contribution is 14.0. The van der Waals surface area contributed by atoms with E-state index in [4.69, 9.17) is 0 Å². The van der Waals surface area contributed by atoms with Crippen LogP contribution in [0.25, 0.3) is 0 Å². The van der Waals surface area contributed by atoms with Crippen LogP contribution in [0.4, 0.5) is 4.39 Å². The van der Waals surface area contributed by atoms with E-state index in [1.165, 1.54) is 6.07 Å². The molecule has 0 spiro atoms. The summed E-state index contributed by atoms with van der Waals surface area (Å²) in [6.07, 6.45) is 1.65. The SMILES string of the molecule is CN=C(NCc1ccc(F)c(C)c1)NCc1nncn1C.I. The minimum absolute atomic E-state index is 0. The van der Waals surface area contributed by atoms with Gasteiger partial charge in [-0.1, -0.05) is 12.1 Å². The first kappa shape index (κ1) is 18.3. The first-order valence-electron chi connectivity index (χ1n) is 6.62. The van der Waals surface area contributed by atoms with Crippen LogP contribution in [0.1, 0.15) is 17.0 Å². The topological polar surface area (TPSA) is 67.1 Å². The van der Waals surface area contributed by atoms with Crippen molar-refractivity contribution < 1.29 is 4.39 Å². The van der Waals surface area contributed by atoms with E-state index in [1.807, 2.05) is 17.7 Å². The highest BCUT2D eigenvalue weighted by atomic mass is 127. The number of aromatic nitrogens is 3. The first-order valence-corrected chi connectivity index (χ1v) is 6.62. The summed E-state index contributed by atoms with van der Waals surface area (Å²) in [6.45, 7) is 2.85. The lowest BCUT2D eigenvalue weighted by molar-refractivity contribution is 0.617. The van der Waals surface area contributed by atoms with Gasteiger partial charge < -0.3 is 15.2 Å². The van der Waals surface area contributed by atoms with Crippen molar-refractivity contribution >= 4 is 29.9 Å². The van der Waals surface area contributed by atoms with E-state index in [0.717, 1.165) is 11.4 Å². The van der Waals surface area contributed by atoms with E-state index in [0.29, 0.717) is 24.6 Å². The van der Waals surface area contributed by atoms with Crippen LogP contribution in [0.5, 0.6) is 0 Å². The predicted molar refractivity (Wildman–Crippen MR) is 94.6 cm³/mol. The Kier molecular flexibility index (Phi) is 7.22. The van der Waals surface area contributed by atoms with Gasteiger partial charge in [-0.2, -0.15) is 0 Å². The minimum atomic E-state index is -0.191. The zero-order valence-electron chi connectivity index (χ0n) is 12.8. The molecule has 120 valence electrons. The number of guanidine groups is 1. The number of aliphatic imine (C=N–C) groups is 1. The second kappa shape index (κ2) is 8.66. The number of nitrogens with one attached hydrogen (secondary N) is 2. The average Bonchev–Trinajstić information content (AvgIpc) is 2.88. The third kappa shape index (κ3) is 4.93. The standard InChI is InChI=1S/C14H19FN6.HI/c1-10-6-11(4-5-12(10)15)7-17-14(16-2)18-8-13-20-19-9-21(13)3;/h4-6,9H,7-8H2,1-3H3,(H2,16,17,18);1H. The van der Waals surface area contributed by atoms with Crippen LogP contribution in [-0.2, 0) is 20.1 Å². The van der Waals surface area contributed by atoms with Crippen molar-refractivity contribution in [3.63, 3.8) is 0 Å². The molecule has 8 heteroatoms. The molecule has 0 aliphatic carbocycles. The fraction of sp³-hybridized carbons (Fsp3) is 0.357. The van der Waals surface area contributed by atoms with Crippen molar-refractivity contribution in [3.8, 4) is 0 Å². The molecule has 0 atom stereocenters. The van der Waals surface area contributed by atoms with Gasteiger partial charge in [0.2, 0.25) is 0 Å². The van der Waals surface area contributed by atoms with Crippen molar-refractivity contribution in [1.82, 2.24) is 25.4 Å². The number of benzene rings is 1. The predicted octanol–water partition coefficient (Wildman–Crippen LogP) is 1.75. The lowest BCUT2D eigenvalue weighted by Crippen LogP contribution is -2.36. The average molecular weight is 418 g/mol. The summed E-state index contributed by atoms with van der Waals surface area (Å²) in [4.78, 5) is 4.14. The quantitative estimate of drug-likeness (QED) is 0.451. The Morgan fingerprint density at radius 2 is 2.05 bits per heavy atom. The number of rotatable bonds is 4. The summed E-state index contributed by atoms with van der Waals surface area (Å²) >= 11 is 0. The van der Waals surface area contributed by atoms with Crippen molar-refractivity contribution in [2.45, 2.75) is 20.0 Å². The maximum Gasteiger partial charge on any atom is 0.191 e. The van der Waals surface area contributed by atoms with E-state index in [-0.39, 0.29) is 29.8 Å². The fourth-order valence-electron chi connectivity index (χ4n) is 1.85. The van der Waals surface area contributed by atoms with E-state index in [9.17, 15) is 4.39 Å². The minimum Gasteiger partial charge on any atom is -0.352 e. The lowest BCUT2D eigenvalue weighted by Gasteiger charge is -2.12. The number of aryl methyl sites for hydroxylation is 2. The second-order valence-corrected chi connectivity index (χ2v) is 4.72. The van der Waals surface area contributed by atoms with Gasteiger partial charge in [0.1, 0.15) is 12.1 Å². The van der Waals surface area contributed by atoms with Gasteiger partial charge in [-0.25, -0.2) is 4.39 Å². The van der Waals surface area contributed by atoms with Gasteiger partial charge in [0.05, 0.1) is 6.54 Å². The molecule has 0 amide bonds. The molecule has 6 nitrogen and oxygen atoms in total. The molecule has 1 heterocycles. The molecule has 22 heavy (non-hydrogen) atoms. The molecule has 1 aromatic carbocycles. The van der Waals surface area contributed by atoms with Crippen molar-refractivity contribution in [2.75, 3.05) is 7.05 Å². The number of hydrogen-bond donors (Lipinski definition) is 2. The molecular formula is C14H20FIN6. The largest absolute Gasteiger partial charge is 0.352 e. The molecule has 2 N–H and O–H groups in total. The lowest BCUT2D eigenvalue weighted by atomic mass is 10.1. The van der Waals surface area contributed by atoms with Gasteiger partial charge in [0, 0.05) is 20.6 Å². The van der Waals surface area contributed by atoms with Crippen LogP contribution in [0, 0.1) is 12.7 Å². The smallest absolute Gasteiger partial charge is 0.191 e. The van der Waals surface area contributed by atoms with Crippen LogP contribution in [0.2, 0.25) is 0 Å². The Morgan fingerprint density at radius 3 is 2.64 bits per heavy atom. The van der Waals surface area contributed by atoms with E-state index < -0.39 is 0 Å². The normalized spacial score (nSPS) is 11.0. The van der Waals surface area contributed by atoms with Crippen LogP contribution < -0.4 is 10.6 Å². The van der Waals surface area contributed by atoms with Crippen LogP contribution in [0.3, 0.4) is 0 Å². The van der Waals surface area contributed by atoms with Crippen molar-refractivity contribution in [3.05, 3.63) is 47.3 Å². The first-order chi connectivity index (χ1) is 10.1. The summed E-state index contributed by atoms with van der Waals surface area (Å²) in [5, 5.41) is 14.1. The van der Waals surface area contributed by atoms with Gasteiger partial charge in [0.15, 0.2) is 11.8 Å². The second-order valence-electron chi connectivity index (χ2n) is 4.72. The fourth-order valence-corrected chi connectivity index (χ4v) is 1.85. The number of nitrogens with zero attached hydrogens (tertiary/aromatic N) is 4.